The topological polar surface area (TPSA) is 90.0 Å². The maximum absolute atomic E-state index is 12.5. The van der Waals surface area contributed by atoms with Gasteiger partial charge in [0.05, 0.1) is 5.92 Å². The minimum Gasteiger partial charge on any atom is -0.481 e. The van der Waals surface area contributed by atoms with Crippen LogP contribution in [0.25, 0.3) is 0 Å². The second-order valence-electron chi connectivity index (χ2n) is 7.73. The fourth-order valence-electron chi connectivity index (χ4n) is 3.57. The number of carbonyl (C=O) groups is 3. The summed E-state index contributed by atoms with van der Waals surface area (Å²) in [5, 5.41) is 12.0. The first-order chi connectivity index (χ1) is 11.9. The molecule has 25 heavy (non-hydrogen) atoms. The molecule has 7 heteroatoms. The van der Waals surface area contributed by atoms with Crippen LogP contribution in [0.2, 0.25) is 0 Å². The maximum atomic E-state index is 12.5. The summed E-state index contributed by atoms with van der Waals surface area (Å²) in [6.07, 6.45) is 3.41. The number of carbonyl (C=O) groups excluding carboxylic acids is 2. The summed E-state index contributed by atoms with van der Waals surface area (Å²) in [4.78, 5) is 39.3. The van der Waals surface area contributed by atoms with E-state index in [9.17, 15) is 14.4 Å². The lowest BCUT2D eigenvalue weighted by Crippen LogP contribution is -2.47. The van der Waals surface area contributed by atoms with Gasteiger partial charge in [-0.2, -0.15) is 0 Å². The molecule has 0 aromatic heterocycles. The fraction of sp³-hybridized carbons (Fsp3) is 0.833. The zero-order chi connectivity index (χ0) is 18.4. The molecule has 0 saturated carbocycles. The van der Waals surface area contributed by atoms with E-state index in [1.807, 2.05) is 4.90 Å². The average Bonchev–Trinajstić information content (AvgIpc) is 2.59. The molecular weight excluding hydrogens is 322 g/mol. The van der Waals surface area contributed by atoms with Crippen LogP contribution in [0.15, 0.2) is 0 Å². The molecule has 0 aromatic carbocycles. The average molecular weight is 353 g/mol. The monoisotopic (exact) mass is 353 g/mol. The first-order valence-electron chi connectivity index (χ1n) is 9.40. The van der Waals surface area contributed by atoms with Crippen molar-refractivity contribution in [1.82, 2.24) is 15.1 Å². The first-order valence-corrected chi connectivity index (χ1v) is 9.40. The van der Waals surface area contributed by atoms with Crippen LogP contribution in [0, 0.1) is 17.8 Å². The molecule has 0 radical (unpaired) electrons. The van der Waals surface area contributed by atoms with Gasteiger partial charge in [0, 0.05) is 39.1 Å². The number of likely N-dealkylation sites (tertiary alicyclic amines) is 2. The van der Waals surface area contributed by atoms with E-state index in [4.69, 9.17) is 5.11 Å². The predicted octanol–water partition coefficient (Wildman–Crippen LogP) is 1.78. The number of nitrogens with one attached hydrogen (secondary N) is 1. The number of carboxylic acid groups (broad SMARTS) is 1. The highest BCUT2D eigenvalue weighted by Crippen LogP contribution is 2.23. The van der Waals surface area contributed by atoms with Crippen molar-refractivity contribution in [3.8, 4) is 0 Å². The summed E-state index contributed by atoms with van der Waals surface area (Å²) in [5.41, 5.74) is 0. The van der Waals surface area contributed by atoms with Gasteiger partial charge in [-0.1, -0.05) is 13.8 Å². The summed E-state index contributed by atoms with van der Waals surface area (Å²) >= 11 is 0. The summed E-state index contributed by atoms with van der Waals surface area (Å²) in [6.45, 7) is 7.22. The Morgan fingerprint density at radius 2 is 1.76 bits per heavy atom. The molecule has 2 rings (SSSR count). The lowest BCUT2D eigenvalue weighted by atomic mass is 9.92. The minimum absolute atomic E-state index is 0.0341. The molecule has 2 fully saturated rings. The Hall–Kier alpha value is -1.79. The Labute approximate surface area is 149 Å². The van der Waals surface area contributed by atoms with Gasteiger partial charge in [-0.25, -0.2) is 4.79 Å². The van der Waals surface area contributed by atoms with Gasteiger partial charge < -0.3 is 20.2 Å². The molecule has 2 heterocycles. The predicted molar refractivity (Wildman–Crippen MR) is 94.1 cm³/mol. The SMILES string of the molecule is CC(C)CNC(=O)N1CCCC(CC(=O)N2CCC(C(=O)O)CC2)C1. The number of urea groups is 1. The molecule has 0 aliphatic carbocycles. The van der Waals surface area contributed by atoms with Gasteiger partial charge in [0.2, 0.25) is 5.91 Å². The molecule has 0 spiro atoms. The Morgan fingerprint density at radius 3 is 2.36 bits per heavy atom. The van der Waals surface area contributed by atoms with Crippen LogP contribution in [0.1, 0.15) is 46.0 Å². The molecule has 0 aromatic rings. The first kappa shape index (κ1) is 19.5. The Morgan fingerprint density at radius 1 is 1.08 bits per heavy atom. The van der Waals surface area contributed by atoms with E-state index in [0.29, 0.717) is 51.4 Å². The molecule has 2 aliphatic heterocycles. The Balaban J connectivity index is 1.77. The van der Waals surface area contributed by atoms with Crippen molar-refractivity contribution in [2.24, 2.45) is 17.8 Å². The fourth-order valence-corrected chi connectivity index (χ4v) is 3.57. The van der Waals surface area contributed by atoms with E-state index in [0.717, 1.165) is 19.4 Å². The highest BCUT2D eigenvalue weighted by Gasteiger charge is 2.30. The van der Waals surface area contributed by atoms with E-state index in [1.165, 1.54) is 0 Å². The van der Waals surface area contributed by atoms with Crippen LogP contribution in [-0.2, 0) is 9.59 Å². The molecule has 1 unspecified atom stereocenters. The van der Waals surface area contributed by atoms with Crippen LogP contribution in [0.3, 0.4) is 0 Å². The van der Waals surface area contributed by atoms with Crippen molar-refractivity contribution in [2.45, 2.75) is 46.0 Å². The second kappa shape index (κ2) is 9.06. The van der Waals surface area contributed by atoms with Crippen molar-refractivity contribution in [2.75, 3.05) is 32.7 Å². The van der Waals surface area contributed by atoms with E-state index >= 15 is 0 Å². The van der Waals surface area contributed by atoms with Gasteiger partial charge in [0.15, 0.2) is 0 Å². The van der Waals surface area contributed by atoms with Crippen molar-refractivity contribution in [3.05, 3.63) is 0 Å². The van der Waals surface area contributed by atoms with Crippen LogP contribution in [0.4, 0.5) is 4.79 Å². The third-order valence-electron chi connectivity index (χ3n) is 5.13. The normalized spacial score (nSPS) is 22.1. The van der Waals surface area contributed by atoms with E-state index < -0.39 is 5.97 Å². The smallest absolute Gasteiger partial charge is 0.317 e. The van der Waals surface area contributed by atoms with Crippen LogP contribution in [0.5, 0.6) is 0 Å². The number of piperidine rings is 2. The minimum atomic E-state index is -0.762. The number of hydrogen-bond acceptors (Lipinski definition) is 3. The van der Waals surface area contributed by atoms with E-state index in [2.05, 4.69) is 19.2 Å². The molecule has 2 saturated heterocycles. The van der Waals surface area contributed by atoms with E-state index in [1.54, 1.807) is 4.90 Å². The summed E-state index contributed by atoms with van der Waals surface area (Å²) in [6, 6.07) is -0.0341. The van der Waals surface area contributed by atoms with Gasteiger partial charge in [-0.15, -0.1) is 0 Å². The largest absolute Gasteiger partial charge is 0.481 e. The third kappa shape index (κ3) is 5.90. The van der Waals surface area contributed by atoms with Gasteiger partial charge in [0.1, 0.15) is 0 Å². The molecule has 0 bridgehead atoms. The molecule has 1 atom stereocenters. The van der Waals surface area contributed by atoms with Crippen molar-refractivity contribution >= 4 is 17.9 Å². The maximum Gasteiger partial charge on any atom is 0.317 e. The quantitative estimate of drug-likeness (QED) is 0.788. The third-order valence-corrected chi connectivity index (χ3v) is 5.13. The van der Waals surface area contributed by atoms with Crippen LogP contribution >= 0.6 is 0 Å². The summed E-state index contributed by atoms with van der Waals surface area (Å²) in [5.74, 6) is -0.373. The Kier molecular flexibility index (Phi) is 7.08. The molecule has 142 valence electrons. The van der Waals surface area contributed by atoms with Crippen molar-refractivity contribution in [3.63, 3.8) is 0 Å². The number of hydrogen-bond donors (Lipinski definition) is 2. The second-order valence-corrected chi connectivity index (χ2v) is 7.73. The van der Waals surface area contributed by atoms with Gasteiger partial charge in [0.25, 0.3) is 0 Å². The summed E-state index contributed by atoms with van der Waals surface area (Å²) < 4.78 is 0. The lowest BCUT2D eigenvalue weighted by molar-refractivity contribution is -0.146. The lowest BCUT2D eigenvalue weighted by Gasteiger charge is -2.35. The number of amides is 3. The van der Waals surface area contributed by atoms with E-state index in [-0.39, 0.29) is 23.8 Å². The number of aliphatic carboxylic acids is 1. The zero-order valence-corrected chi connectivity index (χ0v) is 15.4. The highest BCUT2D eigenvalue weighted by atomic mass is 16.4. The molecule has 3 amide bonds. The standard InChI is InChI=1S/C18H31N3O4/c1-13(2)11-19-18(25)21-7-3-4-14(12-21)10-16(22)20-8-5-15(6-9-20)17(23)24/h13-15H,3-12H2,1-2H3,(H,19,25)(H,23,24). The molecule has 2 N–H and O–H groups in total. The number of nitrogens with zero attached hydrogens (tertiary/aromatic N) is 2. The van der Waals surface area contributed by atoms with Gasteiger partial charge >= 0.3 is 12.0 Å². The number of rotatable bonds is 5. The van der Waals surface area contributed by atoms with Gasteiger partial charge in [-0.3, -0.25) is 9.59 Å². The van der Waals surface area contributed by atoms with Crippen molar-refractivity contribution < 1.29 is 19.5 Å². The van der Waals surface area contributed by atoms with Crippen molar-refractivity contribution in [1.29, 1.82) is 0 Å². The molecular formula is C18H31N3O4. The van der Waals surface area contributed by atoms with Crippen LogP contribution in [-0.4, -0.2) is 65.5 Å². The van der Waals surface area contributed by atoms with Gasteiger partial charge in [-0.05, 0) is 37.5 Å². The molecule has 7 nitrogen and oxygen atoms in total. The highest BCUT2D eigenvalue weighted by molar-refractivity contribution is 5.78. The summed E-state index contributed by atoms with van der Waals surface area (Å²) in [7, 11) is 0. The number of carboxylic acids is 1. The Bertz CT molecular complexity index is 487. The molecule has 2 aliphatic rings. The van der Waals surface area contributed by atoms with Crippen LogP contribution < -0.4 is 5.32 Å². The zero-order valence-electron chi connectivity index (χ0n) is 15.4.